The van der Waals surface area contributed by atoms with Crippen molar-refractivity contribution in [2.75, 3.05) is 0 Å². The average Bonchev–Trinajstić information content (AvgIpc) is 2.25. The van der Waals surface area contributed by atoms with Crippen LogP contribution in [0.15, 0.2) is 37.0 Å². The summed E-state index contributed by atoms with van der Waals surface area (Å²) in [6.45, 7) is 17.4. The molecule has 0 saturated heterocycles. The molecule has 0 heterocycles. The van der Waals surface area contributed by atoms with Gasteiger partial charge in [0.05, 0.1) is 0 Å². The van der Waals surface area contributed by atoms with Gasteiger partial charge in [-0.15, -0.1) is 0 Å². The van der Waals surface area contributed by atoms with Crippen LogP contribution in [0.2, 0.25) is 0 Å². The van der Waals surface area contributed by atoms with E-state index in [4.69, 9.17) is 0 Å². The molecule has 0 rings (SSSR count). The zero-order valence-electron chi connectivity index (χ0n) is 10.6. The fraction of sp³-hybridized carbons (Fsp3) is 0.538. The van der Waals surface area contributed by atoms with Crippen molar-refractivity contribution in [3.05, 3.63) is 37.0 Å². The van der Waals surface area contributed by atoms with Crippen molar-refractivity contribution in [1.82, 2.24) is 0 Å². The zero-order chi connectivity index (χ0) is 11.5. The second-order valence-corrected chi connectivity index (χ2v) is 1.43. The van der Waals surface area contributed by atoms with Gasteiger partial charge in [0.25, 0.3) is 0 Å². The average molecular weight is 184 g/mol. The van der Waals surface area contributed by atoms with Gasteiger partial charge in [-0.1, -0.05) is 64.7 Å². The Labute approximate surface area is 86.1 Å². The highest BCUT2D eigenvalue weighted by molar-refractivity contribution is 4.94. The number of hydrogen-bond acceptors (Lipinski definition) is 0. The lowest BCUT2D eigenvalue weighted by atomic mass is 10.5. The molecule has 0 heteroatoms. The number of allylic oxidation sites excluding steroid dienone is 5. The maximum atomic E-state index is 3.46. The molecule has 0 radical (unpaired) electrons. The number of rotatable bonds is 1. The van der Waals surface area contributed by atoms with E-state index in [0.717, 1.165) is 0 Å². The monoisotopic (exact) mass is 184 g/mol. The Kier molecular flexibility index (Phi) is 115. The largest absolute Gasteiger partial charge is 0.0991 e. The fourth-order valence-electron chi connectivity index (χ4n) is 0.136. The Hall–Kier alpha value is -0.780. The first-order valence-corrected chi connectivity index (χ1v) is 5.14. The highest BCUT2D eigenvalue weighted by Crippen LogP contribution is 1.64. The highest BCUT2D eigenvalue weighted by Gasteiger charge is 1.42. The van der Waals surface area contributed by atoms with Gasteiger partial charge in [0.1, 0.15) is 0 Å². The normalized spacial score (nSPS) is 7.31. The Morgan fingerprint density at radius 2 is 1.00 bits per heavy atom. The molecule has 0 aromatic rings. The first-order valence-electron chi connectivity index (χ1n) is 5.14. The van der Waals surface area contributed by atoms with Crippen LogP contribution in [0.4, 0.5) is 0 Å². The quantitative estimate of drug-likeness (QED) is 0.379. The molecular weight excluding hydrogens is 156 g/mol. The van der Waals surface area contributed by atoms with Gasteiger partial charge >= 0.3 is 0 Å². The van der Waals surface area contributed by atoms with Crippen LogP contribution in [-0.2, 0) is 0 Å². The molecule has 0 unspecified atom stereocenters. The molecule has 0 aliphatic heterocycles. The van der Waals surface area contributed by atoms with Crippen molar-refractivity contribution in [1.29, 1.82) is 0 Å². The van der Waals surface area contributed by atoms with E-state index in [1.807, 2.05) is 72.8 Å². The van der Waals surface area contributed by atoms with Gasteiger partial charge in [0.2, 0.25) is 0 Å². The molecule has 0 nitrogen and oxygen atoms in total. The van der Waals surface area contributed by atoms with E-state index in [1.165, 1.54) is 0 Å². The van der Waals surface area contributed by atoms with Crippen molar-refractivity contribution in [3.63, 3.8) is 0 Å². The third kappa shape index (κ3) is 194. The van der Waals surface area contributed by atoms with Gasteiger partial charge in [-0.25, -0.2) is 0 Å². The SMILES string of the molecule is C/C=C\C.C=C/C=C\C.CC.CC. The van der Waals surface area contributed by atoms with Crippen LogP contribution in [0.25, 0.3) is 0 Å². The maximum absolute atomic E-state index is 3.46. The molecular formula is C13H28. The summed E-state index contributed by atoms with van der Waals surface area (Å²) >= 11 is 0. The minimum atomic E-state index is 1.75. The molecule has 0 N–H and O–H groups in total. The second kappa shape index (κ2) is 65.8. The molecule has 0 bridgehead atoms. The minimum Gasteiger partial charge on any atom is -0.0991 e. The van der Waals surface area contributed by atoms with E-state index < -0.39 is 0 Å². The maximum Gasteiger partial charge on any atom is -0.0467 e. The molecule has 0 amide bonds. The fourth-order valence-corrected chi connectivity index (χ4v) is 0.136. The van der Waals surface area contributed by atoms with Gasteiger partial charge in [0.15, 0.2) is 0 Å². The number of hydrogen-bond donors (Lipinski definition) is 0. The minimum absolute atomic E-state index is 1.75. The molecule has 0 spiro atoms. The van der Waals surface area contributed by atoms with Crippen LogP contribution in [0.5, 0.6) is 0 Å². The summed E-state index contributed by atoms with van der Waals surface area (Å²) in [6.07, 6.45) is 9.58. The van der Waals surface area contributed by atoms with Crippen molar-refractivity contribution >= 4 is 0 Å². The van der Waals surface area contributed by atoms with Crippen molar-refractivity contribution in [2.24, 2.45) is 0 Å². The summed E-state index contributed by atoms with van der Waals surface area (Å²) in [5.41, 5.74) is 0. The van der Waals surface area contributed by atoms with Crippen molar-refractivity contribution in [2.45, 2.75) is 48.5 Å². The summed E-state index contributed by atoms with van der Waals surface area (Å²) in [5, 5.41) is 0. The predicted octanol–water partition coefficient (Wildman–Crippen LogP) is 5.38. The molecule has 0 aromatic heterocycles. The van der Waals surface area contributed by atoms with Gasteiger partial charge < -0.3 is 0 Å². The van der Waals surface area contributed by atoms with Crippen molar-refractivity contribution < 1.29 is 0 Å². The highest BCUT2D eigenvalue weighted by atomic mass is 13.5. The molecule has 80 valence electrons. The van der Waals surface area contributed by atoms with E-state index >= 15 is 0 Å². The third-order valence-corrected chi connectivity index (χ3v) is 0.662. The Bertz CT molecular complexity index is 82.2. The summed E-state index contributed by atoms with van der Waals surface area (Å²) in [4.78, 5) is 0. The van der Waals surface area contributed by atoms with Crippen LogP contribution in [0.3, 0.4) is 0 Å². The first kappa shape index (κ1) is 22.8. The first-order chi connectivity index (χ1) is 6.33. The Balaban J connectivity index is -0.0000000457. The summed E-state index contributed by atoms with van der Waals surface area (Å²) < 4.78 is 0. The molecule has 0 saturated carbocycles. The van der Waals surface area contributed by atoms with Crippen molar-refractivity contribution in [3.8, 4) is 0 Å². The molecule has 13 heavy (non-hydrogen) atoms. The Morgan fingerprint density at radius 3 is 1.00 bits per heavy atom. The van der Waals surface area contributed by atoms with E-state index in [0.29, 0.717) is 0 Å². The topological polar surface area (TPSA) is 0 Å². The van der Waals surface area contributed by atoms with Crippen LogP contribution in [-0.4, -0.2) is 0 Å². The standard InChI is InChI=1S/C5H8.C4H8.2C2H6/c1-3-5-4-2;1-3-4-2;2*1-2/h3-5H,1H2,2H3;3-4H,1-2H3;2*1-2H3/b5-4-;4-3-;;. The van der Waals surface area contributed by atoms with E-state index in [-0.39, 0.29) is 0 Å². The summed E-state index contributed by atoms with van der Waals surface area (Å²) in [7, 11) is 0. The Morgan fingerprint density at radius 1 is 0.692 bits per heavy atom. The molecule has 0 atom stereocenters. The molecule has 0 fully saturated rings. The molecule has 0 aliphatic rings. The van der Waals surface area contributed by atoms with Crippen LogP contribution < -0.4 is 0 Å². The molecule has 0 aliphatic carbocycles. The van der Waals surface area contributed by atoms with Crippen LogP contribution >= 0.6 is 0 Å². The van der Waals surface area contributed by atoms with Gasteiger partial charge in [-0.05, 0) is 20.8 Å². The van der Waals surface area contributed by atoms with Gasteiger partial charge in [-0.3, -0.25) is 0 Å². The van der Waals surface area contributed by atoms with E-state index in [1.54, 1.807) is 6.08 Å². The summed E-state index contributed by atoms with van der Waals surface area (Å²) in [5.74, 6) is 0. The third-order valence-electron chi connectivity index (χ3n) is 0.662. The van der Waals surface area contributed by atoms with E-state index in [2.05, 4.69) is 6.58 Å². The zero-order valence-corrected chi connectivity index (χ0v) is 10.6. The molecule has 0 aromatic carbocycles. The lowest BCUT2D eigenvalue weighted by molar-refractivity contribution is 1.50. The predicted molar refractivity (Wildman–Crippen MR) is 68.2 cm³/mol. The van der Waals surface area contributed by atoms with Gasteiger partial charge in [0, 0.05) is 0 Å². The summed E-state index contributed by atoms with van der Waals surface area (Å²) in [6, 6.07) is 0. The second-order valence-electron chi connectivity index (χ2n) is 1.43. The van der Waals surface area contributed by atoms with Crippen LogP contribution in [0.1, 0.15) is 48.5 Å². The smallest absolute Gasteiger partial charge is 0.0467 e. The van der Waals surface area contributed by atoms with Crippen LogP contribution in [0, 0.1) is 0 Å². The van der Waals surface area contributed by atoms with E-state index in [9.17, 15) is 0 Å². The van der Waals surface area contributed by atoms with Gasteiger partial charge in [-0.2, -0.15) is 0 Å². The lowest BCUT2D eigenvalue weighted by Crippen LogP contribution is -1.33. The lowest BCUT2D eigenvalue weighted by Gasteiger charge is -1.56.